The zero-order valence-corrected chi connectivity index (χ0v) is 8.39. The van der Waals surface area contributed by atoms with Gasteiger partial charge in [-0.2, -0.15) is 0 Å². The first kappa shape index (κ1) is 10.2. The summed E-state index contributed by atoms with van der Waals surface area (Å²) in [4.78, 5) is 23.6. The van der Waals surface area contributed by atoms with Gasteiger partial charge in [-0.15, -0.1) is 0 Å². The van der Waals surface area contributed by atoms with E-state index in [1.54, 1.807) is 0 Å². The Labute approximate surface area is 78.3 Å². The number of rotatable bonds is 2. The molecule has 0 aromatic heterocycles. The van der Waals surface area contributed by atoms with Crippen molar-refractivity contribution in [1.29, 1.82) is 0 Å². The van der Waals surface area contributed by atoms with E-state index in [1.165, 1.54) is 4.90 Å². The molecule has 0 aliphatic carbocycles. The zero-order valence-electron chi connectivity index (χ0n) is 8.39. The van der Waals surface area contributed by atoms with Crippen molar-refractivity contribution in [2.45, 2.75) is 39.2 Å². The first-order chi connectivity index (χ1) is 5.90. The van der Waals surface area contributed by atoms with Crippen LogP contribution in [0.15, 0.2) is 0 Å². The maximum atomic E-state index is 11.2. The van der Waals surface area contributed by atoms with Gasteiger partial charge in [-0.25, -0.2) is 0 Å². The van der Waals surface area contributed by atoms with Crippen molar-refractivity contribution in [1.82, 2.24) is 10.2 Å². The second kappa shape index (κ2) is 3.46. The van der Waals surface area contributed by atoms with Crippen molar-refractivity contribution >= 4 is 11.8 Å². The zero-order chi connectivity index (χ0) is 10.1. The number of imide groups is 1. The Morgan fingerprint density at radius 2 is 1.69 bits per heavy atom. The first-order valence-corrected chi connectivity index (χ1v) is 4.48. The van der Waals surface area contributed by atoms with E-state index in [1.807, 2.05) is 20.8 Å². The molecule has 4 nitrogen and oxygen atoms in total. The van der Waals surface area contributed by atoms with Crippen LogP contribution in [0.2, 0.25) is 0 Å². The fraction of sp³-hybridized carbons (Fsp3) is 0.778. The minimum absolute atomic E-state index is 0.0663. The third-order valence-corrected chi connectivity index (χ3v) is 1.92. The highest BCUT2D eigenvalue weighted by Gasteiger charge is 2.29. The summed E-state index contributed by atoms with van der Waals surface area (Å²) in [5.74, 6) is -0.136. The third kappa shape index (κ3) is 2.81. The molecular weight excluding hydrogens is 168 g/mol. The van der Waals surface area contributed by atoms with Crippen LogP contribution in [0, 0.1) is 0 Å². The fourth-order valence-corrected chi connectivity index (χ4v) is 1.12. The van der Waals surface area contributed by atoms with E-state index in [0.717, 1.165) is 0 Å². The number of nitrogens with one attached hydrogen (secondary N) is 1. The van der Waals surface area contributed by atoms with E-state index in [2.05, 4.69) is 5.32 Å². The maximum absolute atomic E-state index is 11.2. The largest absolute Gasteiger partial charge is 0.295 e. The van der Waals surface area contributed by atoms with E-state index in [0.29, 0.717) is 19.5 Å². The molecule has 0 aromatic carbocycles. The molecule has 4 heteroatoms. The van der Waals surface area contributed by atoms with Crippen LogP contribution >= 0.6 is 0 Å². The topological polar surface area (TPSA) is 49.4 Å². The molecule has 1 saturated heterocycles. The molecule has 0 saturated carbocycles. The minimum atomic E-state index is -0.0678. The van der Waals surface area contributed by atoms with Crippen LogP contribution < -0.4 is 5.32 Å². The lowest BCUT2D eigenvalue weighted by Crippen LogP contribution is -2.45. The Hall–Kier alpha value is -0.900. The number of carbonyl (C=O) groups is 2. The molecule has 1 fully saturated rings. The van der Waals surface area contributed by atoms with Crippen molar-refractivity contribution in [3.05, 3.63) is 0 Å². The molecule has 0 unspecified atom stereocenters. The van der Waals surface area contributed by atoms with Gasteiger partial charge in [0.15, 0.2) is 0 Å². The summed E-state index contributed by atoms with van der Waals surface area (Å²) in [5.41, 5.74) is -0.0663. The summed E-state index contributed by atoms with van der Waals surface area (Å²) in [6, 6.07) is 0. The quantitative estimate of drug-likeness (QED) is 0.635. The average Bonchev–Trinajstić information content (AvgIpc) is 2.27. The molecule has 1 rings (SSSR count). The van der Waals surface area contributed by atoms with Gasteiger partial charge in [0.25, 0.3) is 0 Å². The van der Waals surface area contributed by atoms with Gasteiger partial charge in [-0.1, -0.05) is 0 Å². The highest BCUT2D eigenvalue weighted by atomic mass is 16.2. The summed E-state index contributed by atoms with van der Waals surface area (Å²) < 4.78 is 0. The van der Waals surface area contributed by atoms with Gasteiger partial charge in [0, 0.05) is 18.4 Å². The minimum Gasteiger partial charge on any atom is -0.295 e. The van der Waals surface area contributed by atoms with Gasteiger partial charge in [0.2, 0.25) is 11.8 Å². The van der Waals surface area contributed by atoms with E-state index in [4.69, 9.17) is 0 Å². The van der Waals surface area contributed by atoms with Crippen LogP contribution in [0.1, 0.15) is 33.6 Å². The Kier molecular flexibility index (Phi) is 2.71. The van der Waals surface area contributed by atoms with E-state index < -0.39 is 0 Å². The van der Waals surface area contributed by atoms with Crippen LogP contribution in [0.4, 0.5) is 0 Å². The van der Waals surface area contributed by atoms with Gasteiger partial charge in [-0.3, -0.25) is 19.8 Å². The second-order valence-electron chi connectivity index (χ2n) is 4.30. The lowest BCUT2D eigenvalue weighted by Gasteiger charge is -2.24. The molecular formula is C9H16N2O2. The van der Waals surface area contributed by atoms with Crippen molar-refractivity contribution < 1.29 is 9.59 Å². The summed E-state index contributed by atoms with van der Waals surface area (Å²) in [5, 5.41) is 3.11. The molecule has 0 aromatic rings. The fourth-order valence-electron chi connectivity index (χ4n) is 1.12. The van der Waals surface area contributed by atoms with Gasteiger partial charge in [-0.05, 0) is 20.8 Å². The Morgan fingerprint density at radius 1 is 1.23 bits per heavy atom. The van der Waals surface area contributed by atoms with Crippen LogP contribution in [0.25, 0.3) is 0 Å². The summed E-state index contributed by atoms with van der Waals surface area (Å²) in [6.45, 7) is 6.33. The number of carbonyl (C=O) groups excluding carboxylic acids is 2. The first-order valence-electron chi connectivity index (χ1n) is 4.48. The normalized spacial score (nSPS) is 18.5. The Morgan fingerprint density at radius 3 is 2.08 bits per heavy atom. The maximum Gasteiger partial charge on any atom is 0.230 e. The Balaban J connectivity index is 2.45. The molecule has 74 valence electrons. The van der Waals surface area contributed by atoms with Gasteiger partial charge in [0.1, 0.15) is 0 Å². The van der Waals surface area contributed by atoms with E-state index in [9.17, 15) is 9.59 Å². The smallest absolute Gasteiger partial charge is 0.230 e. The predicted molar refractivity (Wildman–Crippen MR) is 48.8 cm³/mol. The standard InChI is InChI=1S/C9H16N2O2/c1-9(2,3)10-6-11-7(12)4-5-8(11)13/h10H,4-6H2,1-3H3. The lowest BCUT2D eigenvalue weighted by molar-refractivity contribution is -0.138. The van der Waals surface area contributed by atoms with Crippen LogP contribution in [0.5, 0.6) is 0 Å². The van der Waals surface area contributed by atoms with Crippen molar-refractivity contribution in [2.24, 2.45) is 0 Å². The monoisotopic (exact) mass is 184 g/mol. The second-order valence-corrected chi connectivity index (χ2v) is 4.30. The number of nitrogens with zero attached hydrogens (tertiary/aromatic N) is 1. The van der Waals surface area contributed by atoms with Gasteiger partial charge >= 0.3 is 0 Å². The van der Waals surface area contributed by atoms with Gasteiger partial charge < -0.3 is 0 Å². The third-order valence-electron chi connectivity index (χ3n) is 1.92. The molecule has 1 N–H and O–H groups in total. The Bertz CT molecular complexity index is 214. The molecule has 0 spiro atoms. The molecule has 1 heterocycles. The summed E-state index contributed by atoms with van der Waals surface area (Å²) >= 11 is 0. The SMILES string of the molecule is CC(C)(C)NCN1C(=O)CCC1=O. The van der Waals surface area contributed by atoms with E-state index in [-0.39, 0.29) is 17.4 Å². The molecule has 0 radical (unpaired) electrons. The number of amides is 2. The average molecular weight is 184 g/mol. The number of likely N-dealkylation sites (tertiary alicyclic amines) is 1. The van der Waals surface area contributed by atoms with Crippen LogP contribution in [-0.2, 0) is 9.59 Å². The van der Waals surface area contributed by atoms with Crippen molar-refractivity contribution in [2.75, 3.05) is 6.67 Å². The summed E-state index contributed by atoms with van der Waals surface area (Å²) in [6.07, 6.45) is 0.731. The van der Waals surface area contributed by atoms with E-state index >= 15 is 0 Å². The molecule has 2 amide bonds. The van der Waals surface area contributed by atoms with Crippen LogP contribution in [-0.4, -0.2) is 28.9 Å². The molecule has 0 bridgehead atoms. The molecule has 1 aliphatic rings. The van der Waals surface area contributed by atoms with Crippen molar-refractivity contribution in [3.63, 3.8) is 0 Å². The molecule has 0 atom stereocenters. The number of hydrogen-bond acceptors (Lipinski definition) is 3. The van der Waals surface area contributed by atoms with Crippen LogP contribution in [0.3, 0.4) is 0 Å². The lowest BCUT2D eigenvalue weighted by atomic mass is 10.1. The highest BCUT2D eigenvalue weighted by Crippen LogP contribution is 2.11. The number of hydrogen-bond donors (Lipinski definition) is 1. The summed E-state index contributed by atoms with van der Waals surface area (Å²) in [7, 11) is 0. The predicted octanol–water partition coefficient (Wildman–Crippen LogP) is 0.481. The van der Waals surface area contributed by atoms with Gasteiger partial charge in [0.05, 0.1) is 6.67 Å². The molecule has 1 aliphatic heterocycles. The van der Waals surface area contributed by atoms with Crippen molar-refractivity contribution in [3.8, 4) is 0 Å². The highest BCUT2D eigenvalue weighted by molar-refractivity contribution is 6.01. The molecule has 13 heavy (non-hydrogen) atoms.